The van der Waals surface area contributed by atoms with Gasteiger partial charge in [-0.25, -0.2) is 12.4 Å². The molecule has 10 heteroatoms. The van der Waals surface area contributed by atoms with Crippen molar-refractivity contribution in [3.05, 3.63) is 48.7 Å². The molecule has 3 rings (SSSR count). The van der Waals surface area contributed by atoms with E-state index in [2.05, 4.69) is 15.2 Å². The number of carboxylic acid groups (broad SMARTS) is 1. The Labute approximate surface area is 141 Å². The molecule has 0 bridgehead atoms. The number of hydrogen-bond donors (Lipinski definition) is 2. The Morgan fingerprint density at radius 2 is 1.92 bits per heavy atom. The number of nitrogens with zero attached hydrogens (tertiary/aromatic N) is 3. The van der Waals surface area contributed by atoms with Crippen molar-refractivity contribution in [2.45, 2.75) is 10.1 Å². The van der Waals surface area contributed by atoms with Crippen LogP contribution in [0.15, 0.2) is 58.7 Å². The standard InChI is InChI=1S/C14H12N4O4S2/c19-12(20)9-23-14-15-13(16-17-14)11-7-4-8-18(11)24(21,22)10-5-2-1-3-6-10/h1-8H,9H2,(H,19,20)(H,15,16,17). The average molecular weight is 364 g/mol. The van der Waals surface area contributed by atoms with Crippen LogP contribution >= 0.6 is 11.8 Å². The maximum atomic E-state index is 12.7. The summed E-state index contributed by atoms with van der Waals surface area (Å²) in [5.74, 6) is -0.904. The third-order valence-electron chi connectivity index (χ3n) is 3.05. The Balaban J connectivity index is 1.95. The molecule has 3 aromatic rings. The minimum absolute atomic E-state index is 0.155. The van der Waals surface area contributed by atoms with Gasteiger partial charge in [-0.2, -0.15) is 0 Å². The van der Waals surface area contributed by atoms with Crippen molar-refractivity contribution in [2.24, 2.45) is 0 Å². The van der Waals surface area contributed by atoms with Crippen LogP contribution in [0.4, 0.5) is 0 Å². The maximum Gasteiger partial charge on any atom is 0.313 e. The molecular formula is C14H12N4O4S2. The summed E-state index contributed by atoms with van der Waals surface area (Å²) >= 11 is 0.969. The number of thioether (sulfide) groups is 1. The Bertz CT molecular complexity index is 964. The number of aromatic nitrogens is 4. The lowest BCUT2D eigenvalue weighted by molar-refractivity contribution is -0.133. The van der Waals surface area contributed by atoms with Crippen LogP contribution in [0.1, 0.15) is 0 Å². The Morgan fingerprint density at radius 3 is 2.62 bits per heavy atom. The number of hydrogen-bond acceptors (Lipinski definition) is 6. The first-order valence-electron chi connectivity index (χ1n) is 6.74. The monoisotopic (exact) mass is 364 g/mol. The van der Waals surface area contributed by atoms with Gasteiger partial charge in [0.05, 0.1) is 10.6 Å². The molecule has 0 unspecified atom stereocenters. The quantitative estimate of drug-likeness (QED) is 0.639. The molecule has 24 heavy (non-hydrogen) atoms. The van der Waals surface area contributed by atoms with Gasteiger partial charge in [0.1, 0.15) is 5.69 Å². The molecule has 0 aliphatic heterocycles. The van der Waals surface area contributed by atoms with Gasteiger partial charge in [0.2, 0.25) is 0 Å². The predicted octanol–water partition coefficient (Wildman–Crippen LogP) is 1.69. The van der Waals surface area contributed by atoms with Crippen molar-refractivity contribution in [2.75, 3.05) is 5.75 Å². The van der Waals surface area contributed by atoms with Gasteiger partial charge in [-0.15, -0.1) is 10.2 Å². The predicted molar refractivity (Wildman–Crippen MR) is 87.2 cm³/mol. The van der Waals surface area contributed by atoms with Crippen molar-refractivity contribution in [3.8, 4) is 11.5 Å². The van der Waals surface area contributed by atoms with Crippen LogP contribution in [0.3, 0.4) is 0 Å². The van der Waals surface area contributed by atoms with E-state index < -0.39 is 16.0 Å². The van der Waals surface area contributed by atoms with Crippen molar-refractivity contribution >= 4 is 27.8 Å². The molecule has 0 atom stereocenters. The topological polar surface area (TPSA) is 118 Å². The van der Waals surface area contributed by atoms with E-state index in [0.29, 0.717) is 10.9 Å². The van der Waals surface area contributed by atoms with E-state index in [9.17, 15) is 13.2 Å². The van der Waals surface area contributed by atoms with E-state index in [1.54, 1.807) is 30.3 Å². The molecule has 2 N–H and O–H groups in total. The number of aromatic amines is 1. The largest absolute Gasteiger partial charge is 0.481 e. The van der Waals surface area contributed by atoms with Gasteiger partial charge in [-0.1, -0.05) is 30.0 Å². The Hall–Kier alpha value is -2.59. The maximum absolute atomic E-state index is 12.7. The molecule has 0 radical (unpaired) electrons. The molecule has 1 aromatic carbocycles. The Kier molecular flexibility index (Phi) is 4.40. The minimum atomic E-state index is -3.76. The van der Waals surface area contributed by atoms with Gasteiger partial charge in [0, 0.05) is 6.20 Å². The van der Waals surface area contributed by atoms with Gasteiger partial charge in [-0.3, -0.25) is 4.79 Å². The number of carboxylic acids is 1. The van der Waals surface area contributed by atoms with Gasteiger partial charge in [0.15, 0.2) is 11.0 Å². The summed E-state index contributed by atoms with van der Waals surface area (Å²) in [6.07, 6.45) is 1.42. The lowest BCUT2D eigenvalue weighted by Gasteiger charge is -2.08. The van der Waals surface area contributed by atoms with Crippen LogP contribution in [-0.2, 0) is 14.8 Å². The molecule has 0 amide bonds. The van der Waals surface area contributed by atoms with Crippen LogP contribution in [0.25, 0.3) is 11.5 Å². The van der Waals surface area contributed by atoms with Gasteiger partial charge < -0.3 is 10.1 Å². The second kappa shape index (κ2) is 6.49. The minimum Gasteiger partial charge on any atom is -0.481 e. The zero-order valence-electron chi connectivity index (χ0n) is 12.2. The number of nitrogens with one attached hydrogen (secondary N) is 1. The van der Waals surface area contributed by atoms with E-state index in [-0.39, 0.29) is 16.5 Å². The molecule has 0 saturated carbocycles. The highest BCUT2D eigenvalue weighted by atomic mass is 32.2. The molecule has 124 valence electrons. The molecule has 0 aliphatic carbocycles. The molecule has 8 nitrogen and oxygen atoms in total. The first-order valence-corrected chi connectivity index (χ1v) is 9.16. The third kappa shape index (κ3) is 3.19. The molecule has 0 spiro atoms. The number of rotatable bonds is 6. The van der Waals surface area contributed by atoms with Crippen LogP contribution in [0.5, 0.6) is 0 Å². The molecule has 2 aromatic heterocycles. The molecule has 2 heterocycles. The third-order valence-corrected chi connectivity index (χ3v) is 5.61. The first kappa shape index (κ1) is 16.3. The van der Waals surface area contributed by atoms with Crippen molar-refractivity contribution in [1.29, 1.82) is 0 Å². The van der Waals surface area contributed by atoms with E-state index in [1.807, 2.05) is 0 Å². The van der Waals surface area contributed by atoms with Crippen LogP contribution in [0.2, 0.25) is 0 Å². The number of carbonyl (C=O) groups is 1. The zero-order valence-corrected chi connectivity index (χ0v) is 13.8. The fourth-order valence-corrected chi connectivity index (χ4v) is 3.91. The van der Waals surface area contributed by atoms with E-state index >= 15 is 0 Å². The summed E-state index contributed by atoms with van der Waals surface area (Å²) in [7, 11) is -3.76. The fraction of sp³-hybridized carbons (Fsp3) is 0.0714. The Morgan fingerprint density at radius 1 is 1.17 bits per heavy atom. The smallest absolute Gasteiger partial charge is 0.313 e. The van der Waals surface area contributed by atoms with Crippen LogP contribution < -0.4 is 0 Å². The van der Waals surface area contributed by atoms with Crippen LogP contribution in [-0.4, -0.2) is 44.4 Å². The summed E-state index contributed by atoms with van der Waals surface area (Å²) < 4.78 is 26.6. The van der Waals surface area contributed by atoms with Gasteiger partial charge in [0.25, 0.3) is 10.0 Å². The first-order chi connectivity index (χ1) is 11.5. The highest BCUT2D eigenvalue weighted by Crippen LogP contribution is 2.24. The van der Waals surface area contributed by atoms with Crippen molar-refractivity contribution in [3.63, 3.8) is 0 Å². The fourth-order valence-electron chi connectivity index (χ4n) is 2.02. The average Bonchev–Trinajstić information content (AvgIpc) is 3.23. The molecular weight excluding hydrogens is 352 g/mol. The van der Waals surface area contributed by atoms with Crippen molar-refractivity contribution < 1.29 is 18.3 Å². The summed E-state index contributed by atoms with van der Waals surface area (Å²) in [6, 6.07) is 11.2. The van der Waals surface area contributed by atoms with E-state index in [0.717, 1.165) is 15.7 Å². The summed E-state index contributed by atoms with van der Waals surface area (Å²) in [6.45, 7) is 0. The van der Waals surface area contributed by atoms with E-state index in [1.165, 1.54) is 18.3 Å². The number of aliphatic carboxylic acids is 1. The number of H-pyrrole nitrogens is 1. The normalized spacial score (nSPS) is 11.5. The second-order valence-corrected chi connectivity index (χ2v) is 7.45. The molecule has 0 aliphatic rings. The molecule has 0 fully saturated rings. The van der Waals surface area contributed by atoms with Gasteiger partial charge >= 0.3 is 5.97 Å². The lowest BCUT2D eigenvalue weighted by Crippen LogP contribution is -2.13. The van der Waals surface area contributed by atoms with Crippen LogP contribution in [0, 0.1) is 0 Å². The summed E-state index contributed by atoms with van der Waals surface area (Å²) in [4.78, 5) is 13.6. The second-order valence-electron chi connectivity index (χ2n) is 4.67. The van der Waals surface area contributed by atoms with E-state index in [4.69, 9.17) is 5.11 Å². The molecule has 0 saturated heterocycles. The van der Waals surface area contributed by atoms with Crippen molar-refractivity contribution in [1.82, 2.24) is 19.2 Å². The highest BCUT2D eigenvalue weighted by Gasteiger charge is 2.21. The highest BCUT2D eigenvalue weighted by molar-refractivity contribution is 7.99. The lowest BCUT2D eigenvalue weighted by atomic mass is 10.4. The summed E-state index contributed by atoms with van der Waals surface area (Å²) in [5.41, 5.74) is 0.313. The SMILES string of the molecule is O=C(O)CSc1nnc(-c2cccn2S(=O)(=O)c2ccccc2)[nH]1. The summed E-state index contributed by atoms with van der Waals surface area (Å²) in [5, 5.41) is 16.7. The number of benzene rings is 1. The van der Waals surface area contributed by atoms with Gasteiger partial charge in [-0.05, 0) is 24.3 Å². The zero-order chi connectivity index (χ0) is 17.2.